The van der Waals surface area contributed by atoms with Gasteiger partial charge in [0, 0.05) is 12.2 Å². The van der Waals surface area contributed by atoms with Crippen LogP contribution in [0.25, 0.3) is 0 Å². The van der Waals surface area contributed by atoms with E-state index in [0.29, 0.717) is 0 Å². The smallest absolute Gasteiger partial charge is 0.0340 e. The van der Waals surface area contributed by atoms with Gasteiger partial charge in [-0.25, -0.2) is 0 Å². The van der Waals surface area contributed by atoms with Gasteiger partial charge in [-0.05, 0) is 49.5 Å². The Hall–Kier alpha value is -1.02. The molecule has 0 spiro atoms. The molecule has 2 nitrogen and oxygen atoms in total. The molecule has 0 saturated carbocycles. The van der Waals surface area contributed by atoms with Gasteiger partial charge < -0.3 is 10.6 Å². The summed E-state index contributed by atoms with van der Waals surface area (Å²) in [5, 5.41) is 6.91. The van der Waals surface area contributed by atoms with Gasteiger partial charge in [-0.3, -0.25) is 0 Å². The van der Waals surface area contributed by atoms with Crippen molar-refractivity contribution in [1.82, 2.24) is 5.32 Å². The van der Waals surface area contributed by atoms with Crippen LogP contribution in [0.2, 0.25) is 0 Å². The van der Waals surface area contributed by atoms with Crippen molar-refractivity contribution in [3.05, 3.63) is 29.8 Å². The molecule has 0 aromatic heterocycles. The SMILES string of the molecule is CCCc1ccc(NCC2CCNC2)cc1. The largest absolute Gasteiger partial charge is 0.385 e. The molecule has 16 heavy (non-hydrogen) atoms. The van der Waals surface area contributed by atoms with E-state index in [2.05, 4.69) is 41.8 Å². The maximum atomic E-state index is 3.52. The molecular formula is C14H22N2. The predicted molar refractivity (Wildman–Crippen MR) is 69.9 cm³/mol. The van der Waals surface area contributed by atoms with Crippen molar-refractivity contribution in [3.63, 3.8) is 0 Å². The maximum Gasteiger partial charge on any atom is 0.0340 e. The van der Waals surface area contributed by atoms with E-state index in [0.717, 1.165) is 12.5 Å². The topological polar surface area (TPSA) is 24.1 Å². The summed E-state index contributed by atoms with van der Waals surface area (Å²) < 4.78 is 0. The molecule has 88 valence electrons. The molecule has 1 aliphatic heterocycles. The highest BCUT2D eigenvalue weighted by atomic mass is 14.9. The Morgan fingerprint density at radius 3 is 2.75 bits per heavy atom. The summed E-state index contributed by atoms with van der Waals surface area (Å²) >= 11 is 0. The van der Waals surface area contributed by atoms with Gasteiger partial charge >= 0.3 is 0 Å². The van der Waals surface area contributed by atoms with Crippen molar-refractivity contribution in [2.24, 2.45) is 5.92 Å². The second kappa shape index (κ2) is 5.90. The summed E-state index contributed by atoms with van der Waals surface area (Å²) in [7, 11) is 0. The molecule has 1 aliphatic rings. The molecule has 2 rings (SSSR count). The van der Waals surface area contributed by atoms with E-state index in [-0.39, 0.29) is 0 Å². The van der Waals surface area contributed by atoms with Crippen LogP contribution in [0.3, 0.4) is 0 Å². The Bertz CT molecular complexity index is 299. The molecule has 1 heterocycles. The zero-order chi connectivity index (χ0) is 11.2. The van der Waals surface area contributed by atoms with Crippen molar-refractivity contribution in [2.75, 3.05) is 25.0 Å². The molecule has 0 amide bonds. The van der Waals surface area contributed by atoms with Crippen LogP contribution >= 0.6 is 0 Å². The third-order valence-corrected chi connectivity index (χ3v) is 3.25. The van der Waals surface area contributed by atoms with E-state index in [1.807, 2.05) is 0 Å². The molecule has 1 atom stereocenters. The lowest BCUT2D eigenvalue weighted by molar-refractivity contribution is 0.615. The minimum atomic E-state index is 0.801. The van der Waals surface area contributed by atoms with Gasteiger partial charge in [-0.1, -0.05) is 25.5 Å². The molecule has 1 fully saturated rings. The number of anilines is 1. The summed E-state index contributed by atoms with van der Waals surface area (Å²) in [6.45, 7) is 5.67. The van der Waals surface area contributed by atoms with Crippen LogP contribution in [0.15, 0.2) is 24.3 Å². The van der Waals surface area contributed by atoms with Gasteiger partial charge in [-0.2, -0.15) is 0 Å². The van der Waals surface area contributed by atoms with Crippen molar-refractivity contribution in [2.45, 2.75) is 26.2 Å². The van der Waals surface area contributed by atoms with Crippen LogP contribution in [-0.2, 0) is 6.42 Å². The van der Waals surface area contributed by atoms with Crippen molar-refractivity contribution >= 4 is 5.69 Å². The molecule has 1 aromatic rings. The minimum absolute atomic E-state index is 0.801. The number of hydrogen-bond donors (Lipinski definition) is 2. The summed E-state index contributed by atoms with van der Waals surface area (Å²) in [4.78, 5) is 0. The first-order chi connectivity index (χ1) is 7.88. The van der Waals surface area contributed by atoms with E-state index in [1.165, 1.54) is 43.6 Å². The van der Waals surface area contributed by atoms with Gasteiger partial charge in [0.15, 0.2) is 0 Å². The zero-order valence-corrected chi connectivity index (χ0v) is 10.1. The van der Waals surface area contributed by atoms with E-state index in [9.17, 15) is 0 Å². The molecule has 1 saturated heterocycles. The highest BCUT2D eigenvalue weighted by Gasteiger charge is 2.13. The third-order valence-electron chi connectivity index (χ3n) is 3.25. The maximum absolute atomic E-state index is 3.52. The number of hydrogen-bond acceptors (Lipinski definition) is 2. The lowest BCUT2D eigenvalue weighted by Crippen LogP contribution is -2.17. The first kappa shape index (κ1) is 11.5. The monoisotopic (exact) mass is 218 g/mol. The molecule has 0 aliphatic carbocycles. The number of rotatable bonds is 5. The Kier molecular flexibility index (Phi) is 4.23. The van der Waals surface area contributed by atoms with Crippen LogP contribution in [0.5, 0.6) is 0 Å². The Morgan fingerprint density at radius 2 is 2.12 bits per heavy atom. The molecule has 2 heteroatoms. The fourth-order valence-corrected chi connectivity index (χ4v) is 2.23. The highest BCUT2D eigenvalue weighted by molar-refractivity contribution is 5.44. The van der Waals surface area contributed by atoms with Gasteiger partial charge in [-0.15, -0.1) is 0 Å². The Balaban J connectivity index is 1.80. The van der Waals surface area contributed by atoms with Crippen LogP contribution in [-0.4, -0.2) is 19.6 Å². The van der Waals surface area contributed by atoms with Crippen LogP contribution in [0, 0.1) is 5.92 Å². The fourth-order valence-electron chi connectivity index (χ4n) is 2.23. The number of benzene rings is 1. The minimum Gasteiger partial charge on any atom is -0.385 e. The van der Waals surface area contributed by atoms with E-state index >= 15 is 0 Å². The van der Waals surface area contributed by atoms with Crippen LogP contribution in [0.1, 0.15) is 25.3 Å². The van der Waals surface area contributed by atoms with E-state index < -0.39 is 0 Å². The summed E-state index contributed by atoms with van der Waals surface area (Å²) in [6.07, 6.45) is 3.72. The van der Waals surface area contributed by atoms with Crippen molar-refractivity contribution in [1.29, 1.82) is 0 Å². The average Bonchev–Trinajstić information content (AvgIpc) is 2.82. The first-order valence-corrected chi connectivity index (χ1v) is 6.42. The quantitative estimate of drug-likeness (QED) is 0.794. The van der Waals surface area contributed by atoms with Crippen molar-refractivity contribution in [3.8, 4) is 0 Å². The molecule has 1 aromatic carbocycles. The van der Waals surface area contributed by atoms with Crippen LogP contribution < -0.4 is 10.6 Å². The normalized spacial score (nSPS) is 19.9. The lowest BCUT2D eigenvalue weighted by Gasteiger charge is -2.11. The first-order valence-electron chi connectivity index (χ1n) is 6.42. The zero-order valence-electron chi connectivity index (χ0n) is 10.1. The summed E-state index contributed by atoms with van der Waals surface area (Å²) in [5.41, 5.74) is 2.70. The Labute approximate surface area is 98.4 Å². The van der Waals surface area contributed by atoms with Gasteiger partial charge in [0.2, 0.25) is 0 Å². The van der Waals surface area contributed by atoms with Crippen LogP contribution in [0.4, 0.5) is 5.69 Å². The van der Waals surface area contributed by atoms with Gasteiger partial charge in [0.25, 0.3) is 0 Å². The van der Waals surface area contributed by atoms with E-state index in [4.69, 9.17) is 0 Å². The van der Waals surface area contributed by atoms with Gasteiger partial charge in [0.05, 0.1) is 0 Å². The predicted octanol–water partition coefficient (Wildman–Crippen LogP) is 2.66. The second-order valence-corrected chi connectivity index (χ2v) is 4.69. The second-order valence-electron chi connectivity index (χ2n) is 4.69. The van der Waals surface area contributed by atoms with Gasteiger partial charge in [0.1, 0.15) is 0 Å². The Morgan fingerprint density at radius 1 is 1.31 bits per heavy atom. The van der Waals surface area contributed by atoms with E-state index in [1.54, 1.807) is 0 Å². The summed E-state index contributed by atoms with van der Waals surface area (Å²) in [5.74, 6) is 0.801. The lowest BCUT2D eigenvalue weighted by atomic mass is 10.1. The molecule has 2 N–H and O–H groups in total. The fraction of sp³-hybridized carbons (Fsp3) is 0.571. The highest BCUT2D eigenvalue weighted by Crippen LogP contribution is 2.13. The number of nitrogens with one attached hydrogen (secondary N) is 2. The molecular weight excluding hydrogens is 196 g/mol. The number of aryl methyl sites for hydroxylation is 1. The molecule has 1 unspecified atom stereocenters. The third kappa shape index (κ3) is 3.24. The average molecular weight is 218 g/mol. The summed E-state index contributed by atoms with van der Waals surface area (Å²) in [6, 6.07) is 8.87. The van der Waals surface area contributed by atoms with Crippen molar-refractivity contribution < 1.29 is 0 Å². The standard InChI is InChI=1S/C14H22N2/c1-2-3-12-4-6-14(7-5-12)16-11-13-8-9-15-10-13/h4-7,13,15-16H,2-3,8-11H2,1H3. The molecule has 0 radical (unpaired) electrons. The molecule has 0 bridgehead atoms.